The quantitative estimate of drug-likeness (QED) is 0.646. The second-order valence-corrected chi connectivity index (χ2v) is 9.90. The highest BCUT2D eigenvalue weighted by molar-refractivity contribution is 7.91. The molecule has 152 valence electrons. The maximum absolute atomic E-state index is 13.7. The fourth-order valence-electron chi connectivity index (χ4n) is 3.89. The Kier molecular flexibility index (Phi) is 4.94. The fraction of sp³-hybridized carbons (Fsp3) is 0.318. The van der Waals surface area contributed by atoms with Gasteiger partial charge in [-0.25, -0.2) is 12.8 Å². The van der Waals surface area contributed by atoms with Crippen molar-refractivity contribution < 1.29 is 22.0 Å². The molecule has 0 radical (unpaired) electrons. The van der Waals surface area contributed by atoms with Crippen molar-refractivity contribution in [2.75, 3.05) is 11.5 Å². The van der Waals surface area contributed by atoms with Crippen molar-refractivity contribution in [2.45, 2.75) is 32.9 Å². The number of hydrogen-bond donors (Lipinski definition) is 0. The molecule has 1 saturated heterocycles. The largest absolute Gasteiger partial charge is 0.451 e. The van der Waals surface area contributed by atoms with Crippen LogP contribution < -0.4 is 0 Å². The Morgan fingerprint density at radius 3 is 2.69 bits per heavy atom. The number of fused-ring (bicyclic) bond motifs is 1. The topological polar surface area (TPSA) is 67.6 Å². The third-order valence-corrected chi connectivity index (χ3v) is 7.19. The van der Waals surface area contributed by atoms with E-state index in [9.17, 15) is 17.6 Å². The lowest BCUT2D eigenvalue weighted by Crippen LogP contribution is -2.40. The van der Waals surface area contributed by atoms with Gasteiger partial charge >= 0.3 is 0 Å². The van der Waals surface area contributed by atoms with Crippen LogP contribution >= 0.6 is 0 Å². The van der Waals surface area contributed by atoms with Crippen LogP contribution in [0, 0.1) is 19.7 Å². The molecule has 1 fully saturated rings. The first kappa shape index (κ1) is 19.6. The molecule has 0 saturated carbocycles. The van der Waals surface area contributed by atoms with Gasteiger partial charge in [0.1, 0.15) is 11.4 Å². The Morgan fingerprint density at radius 1 is 1.21 bits per heavy atom. The van der Waals surface area contributed by atoms with Crippen LogP contribution in [0.25, 0.3) is 11.0 Å². The number of aryl methyl sites for hydroxylation is 2. The van der Waals surface area contributed by atoms with Gasteiger partial charge in [-0.2, -0.15) is 0 Å². The van der Waals surface area contributed by atoms with Gasteiger partial charge in [0, 0.05) is 23.5 Å². The zero-order chi connectivity index (χ0) is 20.8. The number of carbonyl (C=O) groups is 1. The van der Waals surface area contributed by atoms with Gasteiger partial charge in [-0.3, -0.25) is 4.79 Å². The van der Waals surface area contributed by atoms with Crippen molar-refractivity contribution in [1.29, 1.82) is 0 Å². The first-order chi connectivity index (χ1) is 13.7. The molecule has 29 heavy (non-hydrogen) atoms. The summed E-state index contributed by atoms with van der Waals surface area (Å²) in [7, 11) is -3.20. The maximum Gasteiger partial charge on any atom is 0.290 e. The molecule has 1 amide bonds. The molecule has 7 heteroatoms. The van der Waals surface area contributed by atoms with Crippen molar-refractivity contribution in [2.24, 2.45) is 0 Å². The summed E-state index contributed by atoms with van der Waals surface area (Å²) in [4.78, 5) is 15.0. The Labute approximate surface area is 169 Å². The summed E-state index contributed by atoms with van der Waals surface area (Å²) in [6, 6.07) is 11.2. The lowest BCUT2D eigenvalue weighted by molar-refractivity contribution is 0.0649. The van der Waals surface area contributed by atoms with E-state index < -0.39 is 21.7 Å². The Hall–Kier alpha value is -2.67. The minimum Gasteiger partial charge on any atom is -0.451 e. The van der Waals surface area contributed by atoms with Crippen molar-refractivity contribution in [3.8, 4) is 0 Å². The summed E-state index contributed by atoms with van der Waals surface area (Å²) in [6.07, 6.45) is 0.363. The van der Waals surface area contributed by atoms with Gasteiger partial charge in [-0.05, 0) is 50.1 Å². The van der Waals surface area contributed by atoms with Crippen LogP contribution in [0.4, 0.5) is 4.39 Å². The molecule has 1 aliphatic rings. The number of rotatable bonds is 4. The van der Waals surface area contributed by atoms with E-state index >= 15 is 0 Å². The molecule has 1 atom stereocenters. The molecule has 4 rings (SSSR count). The number of nitrogens with zero attached hydrogens (tertiary/aromatic N) is 1. The highest BCUT2D eigenvalue weighted by Gasteiger charge is 2.36. The van der Waals surface area contributed by atoms with Gasteiger partial charge in [0.15, 0.2) is 15.6 Å². The normalized spacial score (nSPS) is 18.2. The zero-order valence-corrected chi connectivity index (χ0v) is 17.1. The standard InChI is InChI=1S/C22H22FNO4S/c1-14-6-7-20-19(10-14)15(2)21(28-20)22(25)24(18-8-9-29(26,27)13-18)12-16-4-3-5-17(23)11-16/h3-7,10-11,18H,8-9,12-13H2,1-2H3/t18-/m0/s1. The second-order valence-electron chi connectivity index (χ2n) is 7.68. The number of amides is 1. The van der Waals surface area contributed by atoms with Crippen LogP contribution in [0.15, 0.2) is 46.9 Å². The molecule has 2 aromatic carbocycles. The Balaban J connectivity index is 1.74. The summed E-state index contributed by atoms with van der Waals surface area (Å²) in [6.45, 7) is 3.91. The minimum atomic E-state index is -3.20. The van der Waals surface area contributed by atoms with Crippen LogP contribution in [-0.4, -0.2) is 36.8 Å². The molecule has 1 aliphatic heterocycles. The average molecular weight is 415 g/mol. The fourth-order valence-corrected chi connectivity index (χ4v) is 5.62. The molecule has 5 nitrogen and oxygen atoms in total. The summed E-state index contributed by atoms with van der Waals surface area (Å²) < 4.78 is 43.6. The van der Waals surface area contributed by atoms with Crippen LogP contribution in [0.3, 0.4) is 0 Å². The van der Waals surface area contributed by atoms with Gasteiger partial charge in [0.2, 0.25) is 0 Å². The Morgan fingerprint density at radius 2 is 2.00 bits per heavy atom. The van der Waals surface area contributed by atoms with E-state index in [2.05, 4.69) is 0 Å². The van der Waals surface area contributed by atoms with E-state index in [-0.39, 0.29) is 29.7 Å². The number of sulfone groups is 1. The van der Waals surface area contributed by atoms with Crippen LogP contribution in [0.5, 0.6) is 0 Å². The molecule has 3 aromatic rings. The SMILES string of the molecule is Cc1ccc2oc(C(=O)N(Cc3cccc(F)c3)[C@H]3CCS(=O)(=O)C3)c(C)c2c1. The third-order valence-electron chi connectivity index (χ3n) is 5.44. The van der Waals surface area contributed by atoms with E-state index in [4.69, 9.17) is 4.42 Å². The molecule has 0 aliphatic carbocycles. The highest BCUT2D eigenvalue weighted by Crippen LogP contribution is 2.29. The molecular weight excluding hydrogens is 393 g/mol. The zero-order valence-electron chi connectivity index (χ0n) is 16.3. The summed E-state index contributed by atoms with van der Waals surface area (Å²) in [5.74, 6) is -0.617. The molecule has 0 bridgehead atoms. The third kappa shape index (κ3) is 3.92. The minimum absolute atomic E-state index is 0.0445. The number of carbonyl (C=O) groups excluding carboxylic acids is 1. The highest BCUT2D eigenvalue weighted by atomic mass is 32.2. The van der Waals surface area contributed by atoms with E-state index in [1.54, 1.807) is 12.1 Å². The second kappa shape index (κ2) is 7.30. The average Bonchev–Trinajstić information content (AvgIpc) is 3.19. The van der Waals surface area contributed by atoms with E-state index in [0.29, 0.717) is 17.6 Å². The van der Waals surface area contributed by atoms with Gasteiger partial charge in [-0.15, -0.1) is 0 Å². The lowest BCUT2D eigenvalue weighted by atomic mass is 10.1. The van der Waals surface area contributed by atoms with E-state index in [1.165, 1.54) is 17.0 Å². The van der Waals surface area contributed by atoms with E-state index in [0.717, 1.165) is 16.5 Å². The number of benzene rings is 2. The maximum atomic E-state index is 13.7. The van der Waals surface area contributed by atoms with E-state index in [1.807, 2.05) is 32.0 Å². The Bertz CT molecular complexity index is 1200. The molecular formula is C22H22FNO4S. The monoisotopic (exact) mass is 415 g/mol. The summed E-state index contributed by atoms with van der Waals surface area (Å²) in [5, 5.41) is 0.859. The van der Waals surface area contributed by atoms with Gasteiger partial charge < -0.3 is 9.32 Å². The molecule has 0 spiro atoms. The number of hydrogen-bond acceptors (Lipinski definition) is 4. The first-order valence-corrected chi connectivity index (χ1v) is 11.3. The van der Waals surface area contributed by atoms with Crippen molar-refractivity contribution >= 4 is 26.7 Å². The molecule has 2 heterocycles. The van der Waals surface area contributed by atoms with Crippen LogP contribution in [-0.2, 0) is 16.4 Å². The van der Waals surface area contributed by atoms with Crippen LogP contribution in [0.2, 0.25) is 0 Å². The van der Waals surface area contributed by atoms with Crippen molar-refractivity contribution in [3.63, 3.8) is 0 Å². The molecule has 0 N–H and O–H groups in total. The predicted molar refractivity (Wildman–Crippen MR) is 109 cm³/mol. The summed E-state index contributed by atoms with van der Waals surface area (Å²) >= 11 is 0. The number of furan rings is 1. The molecule has 0 unspecified atom stereocenters. The van der Waals surface area contributed by atoms with Gasteiger partial charge in [0.05, 0.1) is 11.5 Å². The van der Waals surface area contributed by atoms with Gasteiger partial charge in [-0.1, -0.05) is 23.8 Å². The molecule has 1 aromatic heterocycles. The van der Waals surface area contributed by atoms with Crippen molar-refractivity contribution in [1.82, 2.24) is 4.90 Å². The van der Waals surface area contributed by atoms with Crippen LogP contribution in [0.1, 0.15) is 33.7 Å². The lowest BCUT2D eigenvalue weighted by Gasteiger charge is -2.28. The van der Waals surface area contributed by atoms with Crippen molar-refractivity contribution in [3.05, 3.63) is 70.7 Å². The predicted octanol–water partition coefficient (Wildman–Crippen LogP) is 4.02. The number of halogens is 1. The first-order valence-electron chi connectivity index (χ1n) is 9.49. The smallest absolute Gasteiger partial charge is 0.290 e. The van der Waals surface area contributed by atoms with Gasteiger partial charge in [0.25, 0.3) is 5.91 Å². The summed E-state index contributed by atoms with van der Waals surface area (Å²) in [5.41, 5.74) is 2.99.